The molecule has 1 atom stereocenters. The van der Waals surface area contributed by atoms with Crippen LogP contribution in [0.25, 0.3) is 0 Å². The van der Waals surface area contributed by atoms with Crippen LogP contribution in [-0.2, 0) is 9.59 Å². The summed E-state index contributed by atoms with van der Waals surface area (Å²) in [5.74, 6) is -3.25. The predicted octanol–water partition coefficient (Wildman–Crippen LogP) is 2.40. The molecule has 0 aliphatic carbocycles. The van der Waals surface area contributed by atoms with Gasteiger partial charge in [-0.3, -0.25) is 9.59 Å². The first-order valence-electron chi connectivity index (χ1n) is 4.62. The highest BCUT2D eigenvalue weighted by Gasteiger charge is 2.23. The van der Waals surface area contributed by atoms with E-state index in [2.05, 4.69) is 15.9 Å². The van der Waals surface area contributed by atoms with Gasteiger partial charge < -0.3 is 10.2 Å². The summed E-state index contributed by atoms with van der Waals surface area (Å²) >= 11 is 3.26. The molecule has 0 spiro atoms. The lowest BCUT2D eigenvalue weighted by atomic mass is 9.95. The summed E-state index contributed by atoms with van der Waals surface area (Å²) in [5, 5.41) is 17.6. The van der Waals surface area contributed by atoms with Gasteiger partial charge in [0.2, 0.25) is 0 Å². The lowest BCUT2D eigenvalue weighted by molar-refractivity contribution is -0.145. The molecule has 1 unspecified atom stereocenters. The van der Waals surface area contributed by atoms with Gasteiger partial charge in [0.25, 0.3) is 0 Å². The van der Waals surface area contributed by atoms with Gasteiger partial charge in [-0.2, -0.15) is 0 Å². The Morgan fingerprint density at radius 3 is 2.38 bits per heavy atom. The van der Waals surface area contributed by atoms with Gasteiger partial charge in [0.15, 0.2) is 0 Å². The van der Waals surface area contributed by atoms with Crippen LogP contribution in [0.15, 0.2) is 22.7 Å². The van der Waals surface area contributed by atoms with E-state index in [-0.39, 0.29) is 0 Å². The van der Waals surface area contributed by atoms with Crippen molar-refractivity contribution < 1.29 is 19.8 Å². The molecule has 0 radical (unpaired) electrons. The molecule has 86 valence electrons. The highest BCUT2D eigenvalue weighted by Crippen LogP contribution is 2.25. The van der Waals surface area contributed by atoms with Gasteiger partial charge in [-0.25, -0.2) is 0 Å². The number of aryl methyl sites for hydroxylation is 1. The third-order valence-electron chi connectivity index (χ3n) is 2.14. The Balaban J connectivity index is 3.10. The highest BCUT2D eigenvalue weighted by atomic mass is 79.9. The van der Waals surface area contributed by atoms with Crippen molar-refractivity contribution in [2.45, 2.75) is 19.3 Å². The quantitative estimate of drug-likeness (QED) is 0.891. The van der Waals surface area contributed by atoms with Crippen molar-refractivity contribution in [2.24, 2.45) is 0 Å². The van der Waals surface area contributed by atoms with Crippen LogP contribution >= 0.6 is 15.9 Å². The van der Waals surface area contributed by atoms with Crippen LogP contribution < -0.4 is 0 Å². The zero-order valence-corrected chi connectivity index (χ0v) is 10.2. The largest absolute Gasteiger partial charge is 0.481 e. The highest BCUT2D eigenvalue weighted by molar-refractivity contribution is 9.10. The predicted molar refractivity (Wildman–Crippen MR) is 61.5 cm³/mol. The Morgan fingerprint density at radius 2 is 1.94 bits per heavy atom. The zero-order valence-electron chi connectivity index (χ0n) is 8.61. The van der Waals surface area contributed by atoms with Crippen molar-refractivity contribution in [3.8, 4) is 0 Å². The molecule has 0 saturated heterocycles. The van der Waals surface area contributed by atoms with Gasteiger partial charge in [0.1, 0.15) is 0 Å². The number of carboxylic acids is 2. The first kappa shape index (κ1) is 12.7. The fraction of sp³-hybridized carbons (Fsp3) is 0.273. The maximum absolute atomic E-state index is 11.0. The van der Waals surface area contributed by atoms with Gasteiger partial charge in [0, 0.05) is 4.47 Å². The molecule has 0 heterocycles. The van der Waals surface area contributed by atoms with E-state index < -0.39 is 24.3 Å². The fourth-order valence-corrected chi connectivity index (χ4v) is 2.11. The van der Waals surface area contributed by atoms with Gasteiger partial charge >= 0.3 is 11.9 Å². The van der Waals surface area contributed by atoms with Crippen molar-refractivity contribution in [2.75, 3.05) is 0 Å². The first-order valence-corrected chi connectivity index (χ1v) is 5.41. The second-order valence-electron chi connectivity index (χ2n) is 3.55. The van der Waals surface area contributed by atoms with E-state index in [0.717, 1.165) is 10.0 Å². The van der Waals surface area contributed by atoms with E-state index in [0.29, 0.717) is 5.56 Å². The van der Waals surface area contributed by atoms with Crippen LogP contribution in [0.5, 0.6) is 0 Å². The summed E-state index contributed by atoms with van der Waals surface area (Å²) in [7, 11) is 0. The number of carboxylic acid groups (broad SMARTS) is 2. The molecule has 0 aliphatic heterocycles. The van der Waals surface area contributed by atoms with E-state index in [1.807, 2.05) is 13.0 Å². The monoisotopic (exact) mass is 286 g/mol. The van der Waals surface area contributed by atoms with Gasteiger partial charge in [0.05, 0.1) is 12.3 Å². The van der Waals surface area contributed by atoms with E-state index >= 15 is 0 Å². The molecule has 2 N–H and O–H groups in total. The Bertz CT molecular complexity index is 408. The molecule has 4 nitrogen and oxygen atoms in total. The van der Waals surface area contributed by atoms with Crippen molar-refractivity contribution in [1.29, 1.82) is 0 Å². The van der Waals surface area contributed by atoms with Crippen molar-refractivity contribution >= 4 is 27.9 Å². The summed E-state index contributed by atoms with van der Waals surface area (Å²) in [5.41, 5.74) is 1.39. The first-order chi connectivity index (χ1) is 7.40. The Morgan fingerprint density at radius 1 is 1.31 bits per heavy atom. The number of aliphatic carboxylic acids is 2. The van der Waals surface area contributed by atoms with Crippen LogP contribution in [0.1, 0.15) is 23.5 Å². The number of rotatable bonds is 4. The van der Waals surface area contributed by atoms with Crippen LogP contribution in [0, 0.1) is 6.92 Å². The summed E-state index contributed by atoms with van der Waals surface area (Å²) in [4.78, 5) is 21.6. The average molecular weight is 287 g/mol. The molecule has 1 aromatic rings. The normalized spacial score (nSPS) is 12.1. The van der Waals surface area contributed by atoms with Crippen molar-refractivity contribution in [3.05, 3.63) is 33.8 Å². The standard InChI is InChI=1S/C11H11BrO4/c1-6-2-7(4-8(12)3-6)9(11(15)16)5-10(13)14/h2-4,9H,5H2,1H3,(H,13,14)(H,15,16). The molecule has 0 saturated carbocycles. The summed E-state index contributed by atoms with van der Waals surface area (Å²) < 4.78 is 0.749. The minimum atomic E-state index is -1.13. The lowest BCUT2D eigenvalue weighted by Crippen LogP contribution is -2.16. The van der Waals surface area contributed by atoms with Gasteiger partial charge in [-0.15, -0.1) is 0 Å². The molecule has 5 heteroatoms. The topological polar surface area (TPSA) is 74.6 Å². The Kier molecular flexibility index (Phi) is 4.06. The number of hydrogen-bond donors (Lipinski definition) is 2. The molecule has 1 aromatic carbocycles. The van der Waals surface area contributed by atoms with Crippen molar-refractivity contribution in [1.82, 2.24) is 0 Å². The van der Waals surface area contributed by atoms with E-state index in [9.17, 15) is 9.59 Å². The number of carbonyl (C=O) groups is 2. The van der Waals surface area contributed by atoms with E-state index in [4.69, 9.17) is 10.2 Å². The fourth-order valence-electron chi connectivity index (χ4n) is 1.49. The summed E-state index contributed by atoms with van der Waals surface area (Å²) in [6, 6.07) is 5.16. The second kappa shape index (κ2) is 5.12. The molecular formula is C11H11BrO4. The minimum absolute atomic E-state index is 0.411. The maximum Gasteiger partial charge on any atom is 0.311 e. The van der Waals surface area contributed by atoms with Crippen molar-refractivity contribution in [3.63, 3.8) is 0 Å². The van der Waals surface area contributed by atoms with Crippen LogP contribution in [0.3, 0.4) is 0 Å². The second-order valence-corrected chi connectivity index (χ2v) is 4.47. The molecular weight excluding hydrogens is 276 g/mol. The molecule has 16 heavy (non-hydrogen) atoms. The molecule has 0 fully saturated rings. The molecule has 0 aromatic heterocycles. The van der Waals surface area contributed by atoms with E-state index in [1.165, 1.54) is 0 Å². The van der Waals surface area contributed by atoms with Crippen LogP contribution in [-0.4, -0.2) is 22.2 Å². The number of halogens is 1. The number of hydrogen-bond acceptors (Lipinski definition) is 2. The smallest absolute Gasteiger partial charge is 0.311 e. The Labute approximate surface area is 101 Å². The van der Waals surface area contributed by atoms with Gasteiger partial charge in [-0.1, -0.05) is 22.0 Å². The Hall–Kier alpha value is -1.36. The average Bonchev–Trinajstić information content (AvgIpc) is 2.11. The van der Waals surface area contributed by atoms with E-state index in [1.54, 1.807) is 12.1 Å². The minimum Gasteiger partial charge on any atom is -0.481 e. The van der Waals surface area contributed by atoms with Crippen LogP contribution in [0.2, 0.25) is 0 Å². The summed E-state index contributed by atoms with van der Waals surface area (Å²) in [6.07, 6.45) is -0.411. The number of benzene rings is 1. The third-order valence-corrected chi connectivity index (χ3v) is 2.60. The van der Waals surface area contributed by atoms with Gasteiger partial charge in [-0.05, 0) is 30.2 Å². The lowest BCUT2D eigenvalue weighted by Gasteiger charge is -2.11. The molecule has 0 bridgehead atoms. The zero-order chi connectivity index (χ0) is 12.3. The third kappa shape index (κ3) is 3.34. The molecule has 0 amide bonds. The maximum atomic E-state index is 11.0. The molecule has 1 rings (SSSR count). The summed E-state index contributed by atoms with van der Waals surface area (Å²) in [6.45, 7) is 1.83. The molecule has 0 aliphatic rings. The van der Waals surface area contributed by atoms with Crippen LogP contribution in [0.4, 0.5) is 0 Å². The SMILES string of the molecule is Cc1cc(Br)cc(C(CC(=O)O)C(=O)O)c1.